The van der Waals surface area contributed by atoms with Crippen molar-refractivity contribution in [1.29, 1.82) is 0 Å². The fourth-order valence-corrected chi connectivity index (χ4v) is 3.20. The molecule has 2 unspecified atom stereocenters. The van der Waals surface area contributed by atoms with E-state index in [2.05, 4.69) is 0 Å². The molecule has 124 valence electrons. The van der Waals surface area contributed by atoms with Gasteiger partial charge in [-0.15, -0.1) is 0 Å². The third-order valence-corrected chi connectivity index (χ3v) is 5.41. The summed E-state index contributed by atoms with van der Waals surface area (Å²) in [7, 11) is -3.76. The van der Waals surface area contributed by atoms with Crippen LogP contribution in [0.5, 0.6) is 0 Å². The predicted octanol–water partition coefficient (Wildman–Crippen LogP) is 2.62. The first-order valence-electron chi connectivity index (χ1n) is 6.73. The lowest BCUT2D eigenvalue weighted by Crippen LogP contribution is -2.45. The topological polar surface area (TPSA) is 63.2 Å². The quantitative estimate of drug-likeness (QED) is 0.868. The van der Waals surface area contributed by atoms with Gasteiger partial charge in [-0.25, -0.2) is 8.42 Å². The zero-order valence-corrected chi connectivity index (χ0v) is 13.0. The number of benzene rings is 1. The molecule has 1 aromatic rings. The average Bonchev–Trinajstić information content (AvgIpc) is 2.43. The molecule has 0 bridgehead atoms. The fraction of sp³-hybridized carbons (Fsp3) is 0.500. The number of rotatable bonds is 6. The van der Waals surface area contributed by atoms with Crippen LogP contribution < -0.4 is 5.32 Å². The van der Waals surface area contributed by atoms with E-state index in [1.807, 2.05) is 0 Å². The lowest BCUT2D eigenvalue weighted by atomic mass is 10.1. The van der Waals surface area contributed by atoms with Crippen LogP contribution in [0.25, 0.3) is 0 Å². The molecular formula is C14H18F3NO3S. The van der Waals surface area contributed by atoms with Crippen LogP contribution in [0, 0.1) is 0 Å². The zero-order chi connectivity index (χ0) is 17.0. The van der Waals surface area contributed by atoms with Crippen LogP contribution in [-0.4, -0.2) is 31.5 Å². The lowest BCUT2D eigenvalue weighted by Gasteiger charge is -2.23. The Morgan fingerprint density at radius 3 is 2.23 bits per heavy atom. The van der Waals surface area contributed by atoms with Gasteiger partial charge in [0, 0.05) is 0 Å². The van der Waals surface area contributed by atoms with E-state index in [-0.39, 0.29) is 11.3 Å². The monoisotopic (exact) mass is 337 g/mol. The van der Waals surface area contributed by atoms with E-state index in [0.717, 1.165) is 6.92 Å². The molecule has 0 saturated carbocycles. The average molecular weight is 337 g/mol. The maximum Gasteiger partial charge on any atom is 0.412 e. The van der Waals surface area contributed by atoms with Gasteiger partial charge < -0.3 is 5.32 Å². The van der Waals surface area contributed by atoms with Crippen molar-refractivity contribution >= 4 is 15.7 Å². The van der Waals surface area contributed by atoms with E-state index in [9.17, 15) is 26.4 Å². The van der Waals surface area contributed by atoms with E-state index in [1.165, 1.54) is 24.3 Å². The van der Waals surface area contributed by atoms with Gasteiger partial charge in [-0.1, -0.05) is 37.3 Å². The van der Waals surface area contributed by atoms with Crippen LogP contribution in [0.2, 0.25) is 0 Å². The number of carbonyl (C=O) groups excluding carboxylic acids is 1. The molecule has 0 saturated heterocycles. The van der Waals surface area contributed by atoms with Crippen LogP contribution >= 0.6 is 0 Å². The summed E-state index contributed by atoms with van der Waals surface area (Å²) in [6, 6.07) is 4.59. The highest BCUT2D eigenvalue weighted by Gasteiger charge is 2.43. The number of nitrogens with one attached hydrogen (secondary N) is 1. The first-order valence-corrected chi connectivity index (χ1v) is 8.44. The summed E-state index contributed by atoms with van der Waals surface area (Å²) < 4.78 is 62.9. The Morgan fingerprint density at radius 1 is 1.23 bits per heavy atom. The molecular weight excluding hydrogens is 319 g/mol. The highest BCUT2D eigenvalue weighted by Crippen LogP contribution is 2.32. The first kappa shape index (κ1) is 18.5. The summed E-state index contributed by atoms with van der Waals surface area (Å²) in [5, 5.41) is 0.268. The largest absolute Gasteiger partial charge is 0.412 e. The third-order valence-electron chi connectivity index (χ3n) is 3.14. The van der Waals surface area contributed by atoms with Crippen LogP contribution in [0.1, 0.15) is 31.9 Å². The Hall–Kier alpha value is -1.57. The van der Waals surface area contributed by atoms with E-state index in [0.29, 0.717) is 6.42 Å². The number of hydrogen-bond acceptors (Lipinski definition) is 3. The minimum atomic E-state index is -4.72. The van der Waals surface area contributed by atoms with Crippen molar-refractivity contribution in [3.05, 3.63) is 35.9 Å². The molecule has 0 spiro atoms. The summed E-state index contributed by atoms with van der Waals surface area (Å²) in [6.07, 6.45) is -4.42. The Bertz CT molecular complexity index is 600. The Kier molecular flexibility index (Phi) is 5.99. The third kappa shape index (κ3) is 4.72. The molecule has 1 rings (SSSR count). The summed E-state index contributed by atoms with van der Waals surface area (Å²) >= 11 is 0. The number of halogens is 3. The van der Waals surface area contributed by atoms with Crippen molar-refractivity contribution in [1.82, 2.24) is 5.32 Å². The van der Waals surface area contributed by atoms with Crippen LogP contribution in [0.3, 0.4) is 0 Å². The second kappa shape index (κ2) is 7.13. The molecule has 1 N–H and O–H groups in total. The summed E-state index contributed by atoms with van der Waals surface area (Å²) in [4.78, 5) is 11.9. The van der Waals surface area contributed by atoms with Gasteiger partial charge >= 0.3 is 6.18 Å². The molecule has 4 nitrogen and oxygen atoms in total. The van der Waals surface area contributed by atoms with Gasteiger partial charge in [-0.2, -0.15) is 13.2 Å². The highest BCUT2D eigenvalue weighted by molar-refractivity contribution is 7.92. The maximum atomic E-state index is 13.1. The normalized spacial score (nSPS) is 15.1. The lowest BCUT2D eigenvalue weighted by molar-refractivity contribution is -0.163. The zero-order valence-electron chi connectivity index (χ0n) is 12.2. The van der Waals surface area contributed by atoms with Crippen molar-refractivity contribution in [3.8, 4) is 0 Å². The molecule has 22 heavy (non-hydrogen) atoms. The summed E-state index contributed by atoms with van der Waals surface area (Å²) in [6.45, 7) is 2.71. The highest BCUT2D eigenvalue weighted by atomic mass is 32.2. The number of hydrogen-bond donors (Lipinski definition) is 1. The molecule has 0 heterocycles. The van der Waals surface area contributed by atoms with Gasteiger partial charge in [0.1, 0.15) is 5.25 Å². The molecule has 0 radical (unpaired) electrons. The number of sulfone groups is 1. The van der Waals surface area contributed by atoms with Crippen molar-refractivity contribution in [3.63, 3.8) is 0 Å². The van der Waals surface area contributed by atoms with E-state index >= 15 is 0 Å². The van der Waals surface area contributed by atoms with E-state index < -0.39 is 33.2 Å². The van der Waals surface area contributed by atoms with Gasteiger partial charge in [0.2, 0.25) is 5.91 Å². The summed E-state index contributed by atoms with van der Waals surface area (Å²) in [5.41, 5.74) is -0.150. The SMILES string of the molecule is CCCS(=O)(=O)C(C)C(=O)NC(c1ccccc1)C(F)(F)F. The molecule has 1 amide bonds. The van der Waals surface area contributed by atoms with Gasteiger partial charge in [-0.3, -0.25) is 4.79 Å². The van der Waals surface area contributed by atoms with Gasteiger partial charge in [0.05, 0.1) is 5.75 Å². The summed E-state index contributed by atoms with van der Waals surface area (Å²) in [5.74, 6) is -1.40. The molecule has 2 atom stereocenters. The van der Waals surface area contributed by atoms with Crippen molar-refractivity contribution < 1.29 is 26.4 Å². The maximum absolute atomic E-state index is 13.1. The minimum Gasteiger partial charge on any atom is -0.340 e. The van der Waals surface area contributed by atoms with Gasteiger partial charge in [0.15, 0.2) is 15.9 Å². The standard InChI is InChI=1S/C14H18F3NO3S/c1-3-9-22(20,21)10(2)13(19)18-12(14(15,16)17)11-7-5-4-6-8-11/h4-8,10,12H,3,9H2,1-2H3,(H,18,19). The number of carbonyl (C=O) groups is 1. The predicted molar refractivity (Wildman–Crippen MR) is 76.9 cm³/mol. The molecule has 0 aliphatic rings. The van der Waals surface area contributed by atoms with Crippen LogP contribution in [-0.2, 0) is 14.6 Å². The second-order valence-electron chi connectivity index (χ2n) is 4.90. The molecule has 8 heteroatoms. The van der Waals surface area contributed by atoms with Gasteiger partial charge in [-0.05, 0) is 18.9 Å². The molecule has 0 fully saturated rings. The van der Waals surface area contributed by atoms with Crippen LogP contribution in [0.15, 0.2) is 30.3 Å². The molecule has 0 aromatic heterocycles. The molecule has 0 aliphatic heterocycles. The van der Waals surface area contributed by atoms with Gasteiger partial charge in [0.25, 0.3) is 0 Å². The fourth-order valence-electron chi connectivity index (χ4n) is 1.88. The Labute approximate surface area is 127 Å². The molecule has 0 aliphatic carbocycles. The molecule has 1 aromatic carbocycles. The smallest absolute Gasteiger partial charge is 0.340 e. The van der Waals surface area contributed by atoms with E-state index in [4.69, 9.17) is 0 Å². The van der Waals surface area contributed by atoms with Crippen molar-refractivity contribution in [2.24, 2.45) is 0 Å². The Balaban J connectivity index is 2.99. The second-order valence-corrected chi connectivity index (χ2v) is 7.34. The first-order chi connectivity index (χ1) is 10.1. The van der Waals surface area contributed by atoms with Crippen LogP contribution in [0.4, 0.5) is 13.2 Å². The van der Waals surface area contributed by atoms with Crippen molar-refractivity contribution in [2.45, 2.75) is 37.7 Å². The van der Waals surface area contributed by atoms with E-state index in [1.54, 1.807) is 18.3 Å². The van der Waals surface area contributed by atoms with Crippen molar-refractivity contribution in [2.75, 3.05) is 5.75 Å². The minimum absolute atomic E-state index is 0.150. The number of alkyl halides is 3. The number of amides is 1. The Morgan fingerprint density at radius 2 is 1.77 bits per heavy atom.